The molecule has 0 fully saturated rings. The number of ether oxygens (including phenoxy) is 3. The second kappa shape index (κ2) is 6.93. The van der Waals surface area contributed by atoms with Crippen molar-refractivity contribution in [2.45, 2.75) is 20.8 Å². The van der Waals surface area contributed by atoms with Gasteiger partial charge >= 0.3 is 17.9 Å². The first-order valence-electron chi connectivity index (χ1n) is 6.48. The lowest BCUT2D eigenvalue weighted by molar-refractivity contribution is -0.161. The smallest absolute Gasteiger partial charge is 0.341 e. The Labute approximate surface area is 128 Å². The zero-order chi connectivity index (χ0) is 16.9. The summed E-state index contributed by atoms with van der Waals surface area (Å²) in [5, 5.41) is 0. The fraction of sp³-hybridized carbons (Fsp3) is 0.400. The molecule has 0 aliphatic heterocycles. The summed E-state index contributed by atoms with van der Waals surface area (Å²) in [6, 6.07) is 4.01. The number of carbonyl (C=O) groups is 3. The van der Waals surface area contributed by atoms with Crippen molar-refractivity contribution < 1.29 is 28.6 Å². The highest BCUT2D eigenvalue weighted by Crippen LogP contribution is 2.16. The van der Waals surface area contributed by atoms with Crippen molar-refractivity contribution in [3.8, 4) is 0 Å². The van der Waals surface area contributed by atoms with Crippen LogP contribution >= 0.6 is 0 Å². The quantitative estimate of drug-likeness (QED) is 0.513. The van der Waals surface area contributed by atoms with Crippen LogP contribution in [-0.2, 0) is 19.0 Å². The summed E-state index contributed by atoms with van der Waals surface area (Å²) in [6.45, 7) is 4.52. The van der Waals surface area contributed by atoms with Crippen LogP contribution in [-0.4, -0.2) is 31.8 Å². The molecule has 2 N–H and O–H groups in total. The molecule has 0 atom stereocenters. The van der Waals surface area contributed by atoms with E-state index in [0.29, 0.717) is 0 Å². The van der Waals surface area contributed by atoms with Crippen LogP contribution in [0.25, 0.3) is 0 Å². The first-order valence-corrected chi connectivity index (χ1v) is 6.48. The van der Waals surface area contributed by atoms with Gasteiger partial charge in [-0.15, -0.1) is 0 Å². The standard InChI is InChI=1S/C15H19NO6/c1-15(2,3)14(19)22-8-21-13(18)10-5-9(12(17)20-4)6-11(16)7-10/h5-7H,8,16H2,1-4H3. The Morgan fingerprint density at radius 3 is 2.05 bits per heavy atom. The first-order chi connectivity index (χ1) is 10.1. The van der Waals surface area contributed by atoms with Gasteiger partial charge in [0.15, 0.2) is 0 Å². The highest BCUT2D eigenvalue weighted by atomic mass is 16.7. The van der Waals surface area contributed by atoms with Crippen LogP contribution in [0.5, 0.6) is 0 Å². The molecule has 0 bridgehead atoms. The Morgan fingerprint density at radius 1 is 1.00 bits per heavy atom. The van der Waals surface area contributed by atoms with Gasteiger partial charge in [0.25, 0.3) is 0 Å². The highest BCUT2D eigenvalue weighted by Gasteiger charge is 2.23. The van der Waals surface area contributed by atoms with E-state index in [-0.39, 0.29) is 16.8 Å². The fourth-order valence-electron chi connectivity index (χ4n) is 1.44. The molecule has 7 nitrogen and oxygen atoms in total. The number of carbonyl (C=O) groups excluding carboxylic acids is 3. The predicted octanol–water partition coefficient (Wildman–Crippen LogP) is 1.76. The lowest BCUT2D eigenvalue weighted by atomic mass is 9.98. The highest BCUT2D eigenvalue weighted by molar-refractivity contribution is 5.96. The molecule has 7 heteroatoms. The molecule has 1 aromatic rings. The zero-order valence-electron chi connectivity index (χ0n) is 13.0. The number of hydrogen-bond acceptors (Lipinski definition) is 7. The van der Waals surface area contributed by atoms with E-state index in [0.717, 1.165) is 0 Å². The normalized spacial score (nSPS) is 10.7. The lowest BCUT2D eigenvalue weighted by Gasteiger charge is -2.16. The van der Waals surface area contributed by atoms with E-state index in [9.17, 15) is 14.4 Å². The fourth-order valence-corrected chi connectivity index (χ4v) is 1.44. The van der Waals surface area contributed by atoms with Gasteiger partial charge in [-0.05, 0) is 39.0 Å². The molecule has 0 saturated heterocycles. The maximum absolute atomic E-state index is 11.9. The summed E-state index contributed by atoms with van der Waals surface area (Å²) >= 11 is 0. The van der Waals surface area contributed by atoms with Crippen LogP contribution in [0, 0.1) is 5.41 Å². The predicted molar refractivity (Wildman–Crippen MR) is 78.0 cm³/mol. The van der Waals surface area contributed by atoms with Gasteiger partial charge in [-0.1, -0.05) is 0 Å². The van der Waals surface area contributed by atoms with Crippen LogP contribution in [0.1, 0.15) is 41.5 Å². The van der Waals surface area contributed by atoms with Gasteiger partial charge in [-0.2, -0.15) is 0 Å². The van der Waals surface area contributed by atoms with Crippen molar-refractivity contribution >= 4 is 23.6 Å². The van der Waals surface area contributed by atoms with Crippen molar-refractivity contribution in [2.24, 2.45) is 5.41 Å². The summed E-state index contributed by atoms with van der Waals surface area (Å²) in [5.41, 5.74) is 5.33. The van der Waals surface area contributed by atoms with Crippen LogP contribution < -0.4 is 5.73 Å². The van der Waals surface area contributed by atoms with Crippen molar-refractivity contribution in [1.82, 2.24) is 0 Å². The van der Waals surface area contributed by atoms with E-state index in [4.69, 9.17) is 15.2 Å². The molecule has 0 saturated carbocycles. The first kappa shape index (κ1) is 17.5. The van der Waals surface area contributed by atoms with Gasteiger partial charge < -0.3 is 19.9 Å². The summed E-state index contributed by atoms with van der Waals surface area (Å²) in [6.07, 6.45) is 0. The van der Waals surface area contributed by atoms with Gasteiger partial charge in [0, 0.05) is 5.69 Å². The minimum Gasteiger partial charge on any atom is -0.465 e. The average molecular weight is 309 g/mol. The minimum atomic E-state index is -0.765. The lowest BCUT2D eigenvalue weighted by Crippen LogP contribution is -2.24. The summed E-state index contributed by atoms with van der Waals surface area (Å²) in [7, 11) is 1.22. The van der Waals surface area contributed by atoms with Crippen molar-refractivity contribution in [1.29, 1.82) is 0 Å². The maximum atomic E-state index is 11.9. The largest absolute Gasteiger partial charge is 0.465 e. The number of methoxy groups -OCH3 is 1. The molecule has 120 valence electrons. The second-order valence-corrected chi connectivity index (χ2v) is 5.57. The topological polar surface area (TPSA) is 105 Å². The molecule has 0 aromatic heterocycles. The summed E-state index contributed by atoms with van der Waals surface area (Å²) < 4.78 is 14.2. The van der Waals surface area contributed by atoms with E-state index in [2.05, 4.69) is 4.74 Å². The Kier molecular flexibility index (Phi) is 5.50. The van der Waals surface area contributed by atoms with E-state index in [1.807, 2.05) is 0 Å². The number of nitrogens with two attached hydrogens (primary N) is 1. The van der Waals surface area contributed by atoms with Gasteiger partial charge in [0.2, 0.25) is 6.79 Å². The third-order valence-corrected chi connectivity index (χ3v) is 2.60. The number of hydrogen-bond donors (Lipinski definition) is 1. The molecule has 0 radical (unpaired) electrons. The van der Waals surface area contributed by atoms with E-state index >= 15 is 0 Å². The SMILES string of the molecule is COC(=O)c1cc(N)cc(C(=O)OCOC(=O)C(C)(C)C)c1. The van der Waals surface area contributed by atoms with Gasteiger partial charge in [-0.25, -0.2) is 9.59 Å². The zero-order valence-corrected chi connectivity index (χ0v) is 13.0. The number of nitrogen functional groups attached to an aromatic ring is 1. The molecule has 0 aliphatic carbocycles. The van der Waals surface area contributed by atoms with Gasteiger partial charge in [0.05, 0.1) is 23.7 Å². The number of rotatable bonds is 4. The Bertz CT molecular complexity index is 588. The monoisotopic (exact) mass is 309 g/mol. The molecular weight excluding hydrogens is 290 g/mol. The third-order valence-electron chi connectivity index (χ3n) is 2.60. The van der Waals surface area contributed by atoms with Gasteiger partial charge in [0.1, 0.15) is 0 Å². The van der Waals surface area contributed by atoms with Crippen molar-refractivity contribution in [3.05, 3.63) is 29.3 Å². The molecule has 1 rings (SSSR count). The second-order valence-electron chi connectivity index (χ2n) is 5.57. The van der Waals surface area contributed by atoms with E-state index < -0.39 is 30.1 Å². The molecule has 1 aromatic carbocycles. The van der Waals surface area contributed by atoms with Crippen LogP contribution in [0.2, 0.25) is 0 Å². The van der Waals surface area contributed by atoms with E-state index in [1.54, 1.807) is 20.8 Å². The molecule has 0 heterocycles. The van der Waals surface area contributed by atoms with Crippen molar-refractivity contribution in [2.75, 3.05) is 19.6 Å². The molecular formula is C15H19NO6. The summed E-state index contributed by atoms with van der Waals surface area (Å²) in [4.78, 5) is 34.8. The van der Waals surface area contributed by atoms with Crippen LogP contribution in [0.15, 0.2) is 18.2 Å². The molecule has 0 unspecified atom stereocenters. The molecule has 0 aliphatic rings. The van der Waals surface area contributed by atoms with Gasteiger partial charge in [-0.3, -0.25) is 4.79 Å². The number of benzene rings is 1. The number of esters is 3. The Morgan fingerprint density at radius 2 is 1.55 bits per heavy atom. The van der Waals surface area contributed by atoms with E-state index in [1.165, 1.54) is 25.3 Å². The molecule has 0 amide bonds. The Hall–Kier alpha value is -2.57. The Balaban J connectivity index is 2.72. The third kappa shape index (κ3) is 4.76. The average Bonchev–Trinajstić information content (AvgIpc) is 2.44. The minimum absolute atomic E-state index is 0.0622. The van der Waals surface area contributed by atoms with Crippen LogP contribution in [0.3, 0.4) is 0 Å². The van der Waals surface area contributed by atoms with Crippen LogP contribution in [0.4, 0.5) is 5.69 Å². The van der Waals surface area contributed by atoms with Crippen molar-refractivity contribution in [3.63, 3.8) is 0 Å². The summed E-state index contributed by atoms with van der Waals surface area (Å²) in [5.74, 6) is -1.89. The molecule has 22 heavy (non-hydrogen) atoms. The number of anilines is 1. The molecule has 0 spiro atoms. The maximum Gasteiger partial charge on any atom is 0.341 e.